The third-order valence-electron chi connectivity index (χ3n) is 2.14. The van der Waals surface area contributed by atoms with E-state index in [9.17, 15) is 24.4 Å². The molecule has 0 fully saturated rings. The molecule has 0 aliphatic rings. The Balaban J connectivity index is 2.95. The van der Waals surface area contributed by atoms with Gasteiger partial charge in [0.2, 0.25) is 5.82 Å². The number of hydrogen-bond donors (Lipinski definition) is 1. The molecule has 0 saturated carbocycles. The average Bonchev–Trinajstić information content (AvgIpc) is 2.28. The molecule has 0 radical (unpaired) electrons. The standard InChI is InChI=1S/C10H10FNO5/c1-17-10(14)5-9(13)6-2-3-7(11)8(4-6)12(15)16/h2-4,9,13H,5H2,1H3/t9-/m0/s1. The van der Waals surface area contributed by atoms with E-state index >= 15 is 0 Å². The minimum atomic E-state index is -1.26. The first kappa shape index (κ1) is 13.0. The summed E-state index contributed by atoms with van der Waals surface area (Å²) in [6.45, 7) is 0. The number of aliphatic hydroxyl groups is 1. The van der Waals surface area contributed by atoms with E-state index < -0.39 is 28.5 Å². The molecule has 1 rings (SSSR count). The molecule has 0 unspecified atom stereocenters. The molecule has 0 aliphatic heterocycles. The lowest BCUT2D eigenvalue weighted by molar-refractivity contribution is -0.387. The molecule has 0 saturated heterocycles. The summed E-state index contributed by atoms with van der Waals surface area (Å²) in [6, 6.07) is 2.94. The van der Waals surface area contributed by atoms with Gasteiger partial charge in [-0.15, -0.1) is 0 Å². The Labute approximate surface area is 95.8 Å². The third-order valence-corrected chi connectivity index (χ3v) is 2.14. The maximum absolute atomic E-state index is 13.0. The van der Waals surface area contributed by atoms with Crippen LogP contribution in [0.5, 0.6) is 0 Å². The van der Waals surface area contributed by atoms with Crippen LogP contribution in [0.4, 0.5) is 10.1 Å². The zero-order valence-electron chi connectivity index (χ0n) is 8.92. The van der Waals surface area contributed by atoms with E-state index in [1.54, 1.807) is 0 Å². The first-order valence-corrected chi connectivity index (χ1v) is 4.64. The number of nitro groups is 1. The Morgan fingerprint density at radius 3 is 2.82 bits per heavy atom. The fraction of sp³-hybridized carbons (Fsp3) is 0.300. The molecule has 1 aromatic carbocycles. The Kier molecular flexibility index (Phi) is 4.11. The van der Waals surface area contributed by atoms with Crippen molar-refractivity contribution in [2.75, 3.05) is 7.11 Å². The number of benzene rings is 1. The van der Waals surface area contributed by atoms with Gasteiger partial charge in [-0.05, 0) is 11.6 Å². The molecule has 0 spiro atoms. The van der Waals surface area contributed by atoms with Gasteiger partial charge in [-0.3, -0.25) is 14.9 Å². The molecule has 1 N–H and O–H groups in total. The Morgan fingerprint density at radius 2 is 2.29 bits per heavy atom. The van der Waals surface area contributed by atoms with Crippen LogP contribution in [-0.2, 0) is 9.53 Å². The molecular formula is C10H10FNO5. The van der Waals surface area contributed by atoms with Crippen molar-refractivity contribution in [3.05, 3.63) is 39.7 Å². The highest BCUT2D eigenvalue weighted by Gasteiger charge is 2.19. The monoisotopic (exact) mass is 243 g/mol. The van der Waals surface area contributed by atoms with E-state index in [-0.39, 0.29) is 12.0 Å². The van der Waals surface area contributed by atoms with Gasteiger partial charge < -0.3 is 9.84 Å². The summed E-state index contributed by atoms with van der Waals surface area (Å²) in [5.41, 5.74) is -0.657. The predicted octanol–water partition coefficient (Wildman–Crippen LogP) is 1.33. The van der Waals surface area contributed by atoms with Crippen molar-refractivity contribution in [1.29, 1.82) is 0 Å². The summed E-state index contributed by atoms with van der Waals surface area (Å²) in [4.78, 5) is 20.5. The van der Waals surface area contributed by atoms with Crippen molar-refractivity contribution >= 4 is 11.7 Å². The van der Waals surface area contributed by atoms with Gasteiger partial charge in [0.1, 0.15) is 0 Å². The van der Waals surface area contributed by atoms with Crippen molar-refractivity contribution in [3.8, 4) is 0 Å². The number of nitro benzene ring substituents is 1. The van der Waals surface area contributed by atoms with Gasteiger partial charge in [0.05, 0.1) is 24.6 Å². The number of ether oxygens (including phenoxy) is 1. The molecule has 6 nitrogen and oxygen atoms in total. The highest BCUT2D eigenvalue weighted by atomic mass is 19.1. The van der Waals surface area contributed by atoms with Gasteiger partial charge >= 0.3 is 11.7 Å². The number of halogens is 1. The molecule has 0 aliphatic carbocycles. The third kappa shape index (κ3) is 3.22. The molecule has 0 amide bonds. The van der Waals surface area contributed by atoms with E-state index in [1.807, 2.05) is 0 Å². The Morgan fingerprint density at radius 1 is 1.65 bits per heavy atom. The second kappa shape index (κ2) is 5.35. The van der Waals surface area contributed by atoms with Crippen molar-refractivity contribution in [2.24, 2.45) is 0 Å². The molecule has 92 valence electrons. The molecule has 0 heterocycles. The summed E-state index contributed by atoms with van der Waals surface area (Å²) < 4.78 is 17.3. The SMILES string of the molecule is COC(=O)C[C@H](O)c1ccc(F)c([N+](=O)[O-])c1. The molecule has 0 bridgehead atoms. The first-order chi connectivity index (χ1) is 7.95. The second-order valence-electron chi connectivity index (χ2n) is 3.26. The number of hydrogen-bond acceptors (Lipinski definition) is 5. The molecule has 1 atom stereocenters. The van der Waals surface area contributed by atoms with Gasteiger partial charge in [0.25, 0.3) is 0 Å². The predicted molar refractivity (Wildman–Crippen MR) is 54.6 cm³/mol. The minimum Gasteiger partial charge on any atom is -0.469 e. The molecule has 17 heavy (non-hydrogen) atoms. The fourth-order valence-electron chi connectivity index (χ4n) is 1.24. The first-order valence-electron chi connectivity index (χ1n) is 4.64. The van der Waals surface area contributed by atoms with Crippen LogP contribution in [0.25, 0.3) is 0 Å². The van der Waals surface area contributed by atoms with Crippen LogP contribution >= 0.6 is 0 Å². The number of carbonyl (C=O) groups excluding carboxylic acids is 1. The quantitative estimate of drug-likeness (QED) is 0.489. The van der Waals surface area contributed by atoms with E-state index in [0.717, 1.165) is 19.2 Å². The largest absolute Gasteiger partial charge is 0.469 e. The van der Waals surface area contributed by atoms with Gasteiger partial charge in [-0.25, -0.2) is 0 Å². The average molecular weight is 243 g/mol. The van der Waals surface area contributed by atoms with Crippen molar-refractivity contribution in [1.82, 2.24) is 0 Å². The van der Waals surface area contributed by atoms with Crippen LogP contribution < -0.4 is 0 Å². The summed E-state index contributed by atoms with van der Waals surface area (Å²) in [5, 5.41) is 20.0. The zero-order chi connectivity index (χ0) is 13.0. The van der Waals surface area contributed by atoms with Gasteiger partial charge in [0.15, 0.2) is 0 Å². The maximum atomic E-state index is 13.0. The van der Waals surface area contributed by atoms with Crippen molar-refractivity contribution in [3.63, 3.8) is 0 Å². The fourth-order valence-corrected chi connectivity index (χ4v) is 1.24. The normalized spacial score (nSPS) is 11.9. The van der Waals surface area contributed by atoms with Crippen LogP contribution in [0.3, 0.4) is 0 Å². The van der Waals surface area contributed by atoms with Crippen LogP contribution in [0.2, 0.25) is 0 Å². The number of nitrogens with zero attached hydrogens (tertiary/aromatic N) is 1. The lowest BCUT2D eigenvalue weighted by Crippen LogP contribution is -2.08. The zero-order valence-corrected chi connectivity index (χ0v) is 8.92. The lowest BCUT2D eigenvalue weighted by atomic mass is 10.1. The van der Waals surface area contributed by atoms with Gasteiger partial charge in [0, 0.05) is 6.07 Å². The smallest absolute Gasteiger partial charge is 0.308 e. The van der Waals surface area contributed by atoms with E-state index in [2.05, 4.69) is 4.74 Å². The van der Waals surface area contributed by atoms with Crippen molar-refractivity contribution < 1.29 is 24.0 Å². The topological polar surface area (TPSA) is 89.7 Å². The van der Waals surface area contributed by atoms with E-state index in [4.69, 9.17) is 0 Å². The highest BCUT2D eigenvalue weighted by Crippen LogP contribution is 2.24. The second-order valence-corrected chi connectivity index (χ2v) is 3.26. The highest BCUT2D eigenvalue weighted by molar-refractivity contribution is 5.70. The van der Waals surface area contributed by atoms with Crippen LogP contribution in [-0.4, -0.2) is 23.1 Å². The number of rotatable bonds is 4. The number of aliphatic hydroxyl groups excluding tert-OH is 1. The number of carbonyl (C=O) groups is 1. The molecule has 0 aromatic heterocycles. The summed E-state index contributed by atoms with van der Waals surface area (Å²) in [7, 11) is 1.15. The Bertz CT molecular complexity index is 448. The van der Waals surface area contributed by atoms with Crippen LogP contribution in [0.1, 0.15) is 18.1 Å². The molecule has 1 aromatic rings. The van der Waals surface area contributed by atoms with Gasteiger partial charge in [-0.2, -0.15) is 4.39 Å². The lowest BCUT2D eigenvalue weighted by Gasteiger charge is -2.09. The van der Waals surface area contributed by atoms with Crippen LogP contribution in [0, 0.1) is 15.9 Å². The van der Waals surface area contributed by atoms with E-state index in [1.165, 1.54) is 6.07 Å². The van der Waals surface area contributed by atoms with Crippen molar-refractivity contribution in [2.45, 2.75) is 12.5 Å². The summed E-state index contributed by atoms with van der Waals surface area (Å²) in [5.74, 6) is -1.66. The minimum absolute atomic E-state index is 0.0866. The van der Waals surface area contributed by atoms with Gasteiger partial charge in [-0.1, -0.05) is 6.07 Å². The molecular weight excluding hydrogens is 233 g/mol. The number of methoxy groups -OCH3 is 1. The summed E-state index contributed by atoms with van der Waals surface area (Å²) >= 11 is 0. The van der Waals surface area contributed by atoms with E-state index in [0.29, 0.717) is 0 Å². The Hall–Kier alpha value is -2.02. The summed E-state index contributed by atoms with van der Waals surface area (Å²) in [6.07, 6.45) is -1.61. The van der Waals surface area contributed by atoms with Crippen LogP contribution in [0.15, 0.2) is 18.2 Å². The molecule has 7 heteroatoms. The number of esters is 1. The maximum Gasteiger partial charge on any atom is 0.308 e.